The van der Waals surface area contributed by atoms with E-state index in [2.05, 4.69) is 5.32 Å². The van der Waals surface area contributed by atoms with Gasteiger partial charge in [0.15, 0.2) is 0 Å². The Morgan fingerprint density at radius 1 is 1.07 bits per heavy atom. The molecule has 7 heteroatoms. The van der Waals surface area contributed by atoms with Gasteiger partial charge in [-0.15, -0.1) is 0 Å². The lowest BCUT2D eigenvalue weighted by Crippen LogP contribution is -2.55. The lowest BCUT2D eigenvalue weighted by atomic mass is 9.78. The number of nitrogens with one attached hydrogen (secondary N) is 1. The number of aromatic hydroxyl groups is 1. The monoisotopic (exact) mass is 394 g/mol. The molecule has 3 N–H and O–H groups in total. The second-order valence-electron chi connectivity index (χ2n) is 7.56. The van der Waals surface area contributed by atoms with E-state index in [4.69, 9.17) is 0 Å². The van der Waals surface area contributed by atoms with Crippen molar-refractivity contribution in [3.8, 4) is 5.75 Å². The van der Waals surface area contributed by atoms with Gasteiger partial charge in [0.25, 0.3) is 0 Å². The molecule has 7 nitrogen and oxygen atoms in total. The Kier molecular flexibility index (Phi) is 4.62. The second kappa shape index (κ2) is 7.00. The van der Waals surface area contributed by atoms with E-state index in [0.29, 0.717) is 5.56 Å². The summed E-state index contributed by atoms with van der Waals surface area (Å²) in [6.07, 6.45) is 0.131. The van der Waals surface area contributed by atoms with Gasteiger partial charge in [-0.25, -0.2) is 0 Å². The van der Waals surface area contributed by atoms with Gasteiger partial charge in [-0.1, -0.05) is 55.5 Å². The van der Waals surface area contributed by atoms with Crippen molar-refractivity contribution < 1.29 is 24.6 Å². The Balaban J connectivity index is 1.79. The summed E-state index contributed by atoms with van der Waals surface area (Å²) in [7, 11) is 0. The van der Waals surface area contributed by atoms with Crippen LogP contribution in [0.15, 0.2) is 54.6 Å². The van der Waals surface area contributed by atoms with Crippen molar-refractivity contribution >= 4 is 17.8 Å². The molecule has 150 valence electrons. The molecule has 2 fully saturated rings. The number of carbonyl (C=O) groups is 3. The van der Waals surface area contributed by atoms with E-state index < -0.39 is 41.2 Å². The fourth-order valence-corrected chi connectivity index (χ4v) is 4.67. The van der Waals surface area contributed by atoms with Gasteiger partial charge in [-0.2, -0.15) is 0 Å². The van der Waals surface area contributed by atoms with Crippen molar-refractivity contribution in [1.29, 1.82) is 0 Å². The number of hydrogen-bond donors (Lipinski definition) is 3. The molecule has 2 aromatic rings. The standard InChI is InChI=1S/C22H22N2O5/c1-2-22(21(28)29)17-16(18(23-22)14-10-6-7-11-15(14)25)19(26)24(20(17)27)12-13-8-4-3-5-9-13/h3-11,16-18,23,25H,2,12H2,1H3,(H,28,29)/t16-,17-,18+,22-/m0/s1. The van der Waals surface area contributed by atoms with Crippen LogP contribution in [-0.2, 0) is 20.9 Å². The molecule has 4 atom stereocenters. The summed E-state index contributed by atoms with van der Waals surface area (Å²) in [5.41, 5.74) is -0.365. The molecule has 2 heterocycles. The molecule has 2 aliphatic heterocycles. The van der Waals surface area contributed by atoms with Crippen molar-refractivity contribution in [2.24, 2.45) is 11.8 Å². The molecule has 0 saturated carbocycles. The molecule has 0 spiro atoms. The molecular formula is C22H22N2O5. The lowest BCUT2D eigenvalue weighted by Gasteiger charge is -2.30. The summed E-state index contributed by atoms with van der Waals surface area (Å²) in [5.74, 6) is -4.04. The molecule has 2 aromatic carbocycles. The zero-order valence-corrected chi connectivity index (χ0v) is 15.9. The van der Waals surface area contributed by atoms with Gasteiger partial charge in [0.05, 0.1) is 18.4 Å². The predicted molar refractivity (Wildman–Crippen MR) is 104 cm³/mol. The Bertz CT molecular complexity index is 976. The van der Waals surface area contributed by atoms with E-state index >= 15 is 0 Å². The van der Waals surface area contributed by atoms with Crippen molar-refractivity contribution in [1.82, 2.24) is 10.2 Å². The number of hydrogen-bond acceptors (Lipinski definition) is 5. The van der Waals surface area contributed by atoms with Crippen LogP contribution in [0.1, 0.15) is 30.5 Å². The number of aliphatic carboxylic acids is 1. The van der Waals surface area contributed by atoms with Crippen LogP contribution in [0.3, 0.4) is 0 Å². The van der Waals surface area contributed by atoms with Crippen LogP contribution in [0.25, 0.3) is 0 Å². The van der Waals surface area contributed by atoms with Crippen LogP contribution in [0.2, 0.25) is 0 Å². The molecule has 2 saturated heterocycles. The smallest absolute Gasteiger partial charge is 0.324 e. The highest BCUT2D eigenvalue weighted by Gasteiger charge is 2.67. The van der Waals surface area contributed by atoms with Crippen molar-refractivity contribution in [2.75, 3.05) is 0 Å². The Morgan fingerprint density at radius 2 is 1.72 bits per heavy atom. The highest BCUT2D eigenvalue weighted by molar-refractivity contribution is 6.09. The minimum Gasteiger partial charge on any atom is -0.508 e. The highest BCUT2D eigenvalue weighted by Crippen LogP contribution is 2.51. The second-order valence-corrected chi connectivity index (χ2v) is 7.56. The van der Waals surface area contributed by atoms with Gasteiger partial charge < -0.3 is 10.2 Å². The van der Waals surface area contributed by atoms with Crippen molar-refractivity contribution in [3.05, 3.63) is 65.7 Å². The Morgan fingerprint density at radius 3 is 2.34 bits per heavy atom. The molecule has 2 aliphatic rings. The lowest BCUT2D eigenvalue weighted by molar-refractivity contribution is -0.151. The van der Waals surface area contributed by atoms with Crippen LogP contribution < -0.4 is 5.32 Å². The summed E-state index contributed by atoms with van der Waals surface area (Å²) in [6, 6.07) is 14.8. The molecule has 0 unspecified atom stereocenters. The fraction of sp³-hybridized carbons (Fsp3) is 0.318. The maximum atomic E-state index is 13.3. The topological polar surface area (TPSA) is 107 Å². The molecule has 4 rings (SSSR count). The van der Waals surface area contributed by atoms with Crippen molar-refractivity contribution in [2.45, 2.75) is 31.5 Å². The zero-order valence-electron chi connectivity index (χ0n) is 15.9. The fourth-order valence-electron chi connectivity index (χ4n) is 4.67. The largest absolute Gasteiger partial charge is 0.508 e. The maximum Gasteiger partial charge on any atom is 0.324 e. The van der Waals surface area contributed by atoms with Gasteiger partial charge in [-0.05, 0) is 18.1 Å². The van der Waals surface area contributed by atoms with E-state index in [-0.39, 0.29) is 18.7 Å². The number of phenols is 1. The number of likely N-dealkylation sites (tertiary alicyclic amines) is 1. The van der Waals surface area contributed by atoms with E-state index in [0.717, 1.165) is 10.5 Å². The van der Waals surface area contributed by atoms with Crippen LogP contribution >= 0.6 is 0 Å². The first-order valence-corrected chi connectivity index (χ1v) is 9.59. The van der Waals surface area contributed by atoms with Crippen LogP contribution in [0.5, 0.6) is 5.75 Å². The number of carboxylic acids is 1. The van der Waals surface area contributed by atoms with Gasteiger partial charge in [0.2, 0.25) is 11.8 Å². The number of fused-ring (bicyclic) bond motifs is 1. The first-order valence-electron chi connectivity index (χ1n) is 9.59. The molecule has 29 heavy (non-hydrogen) atoms. The van der Waals surface area contributed by atoms with Crippen LogP contribution in [0.4, 0.5) is 0 Å². The zero-order chi connectivity index (χ0) is 20.8. The van der Waals surface area contributed by atoms with E-state index in [9.17, 15) is 24.6 Å². The first-order chi connectivity index (χ1) is 13.9. The Hall–Kier alpha value is -3.19. The summed E-state index contributed by atoms with van der Waals surface area (Å²) in [6.45, 7) is 1.78. The maximum absolute atomic E-state index is 13.3. The number of phenolic OH excluding ortho intramolecular Hbond substituents is 1. The third-order valence-electron chi connectivity index (χ3n) is 6.14. The number of carbonyl (C=O) groups excluding carboxylic acids is 2. The minimum absolute atomic E-state index is 0.0391. The van der Waals surface area contributed by atoms with Gasteiger partial charge >= 0.3 is 5.97 Å². The van der Waals surface area contributed by atoms with Gasteiger partial charge in [0, 0.05) is 11.6 Å². The number of carboxylic acid groups (broad SMARTS) is 1. The van der Waals surface area contributed by atoms with Crippen LogP contribution in [0, 0.1) is 11.8 Å². The predicted octanol–water partition coefficient (Wildman–Crippen LogP) is 2.07. The highest BCUT2D eigenvalue weighted by atomic mass is 16.4. The van der Waals surface area contributed by atoms with Gasteiger partial charge in [0.1, 0.15) is 11.3 Å². The molecular weight excluding hydrogens is 372 g/mol. The molecule has 0 aromatic heterocycles. The molecule has 0 bridgehead atoms. The van der Waals surface area contributed by atoms with E-state index in [1.165, 1.54) is 6.07 Å². The molecule has 2 amide bonds. The third-order valence-corrected chi connectivity index (χ3v) is 6.14. The number of benzene rings is 2. The number of nitrogens with zero attached hydrogens (tertiary/aromatic N) is 1. The summed E-state index contributed by atoms with van der Waals surface area (Å²) in [4.78, 5) is 40.0. The Labute approximate surface area is 168 Å². The average Bonchev–Trinajstić information content (AvgIpc) is 3.19. The molecule has 0 aliphatic carbocycles. The number of rotatable bonds is 5. The van der Waals surface area contributed by atoms with Crippen molar-refractivity contribution in [3.63, 3.8) is 0 Å². The third kappa shape index (κ3) is 2.81. The number of para-hydroxylation sites is 1. The quantitative estimate of drug-likeness (QED) is 0.671. The molecule has 0 radical (unpaired) electrons. The summed E-state index contributed by atoms with van der Waals surface area (Å²) < 4.78 is 0. The summed E-state index contributed by atoms with van der Waals surface area (Å²) in [5, 5.41) is 23.4. The minimum atomic E-state index is -1.57. The number of imide groups is 1. The average molecular weight is 394 g/mol. The van der Waals surface area contributed by atoms with Crippen LogP contribution in [-0.4, -0.2) is 38.4 Å². The SMILES string of the molecule is CC[C@]1(C(=O)O)N[C@H](c2ccccc2O)[C@H]2C(=O)N(Cc3ccccc3)C(=O)[C@H]21. The first kappa shape index (κ1) is 19.1. The van der Waals surface area contributed by atoms with E-state index in [1.807, 2.05) is 30.3 Å². The van der Waals surface area contributed by atoms with Gasteiger partial charge in [-0.3, -0.25) is 24.6 Å². The summed E-state index contributed by atoms with van der Waals surface area (Å²) >= 11 is 0. The normalized spacial score (nSPS) is 28.6. The van der Waals surface area contributed by atoms with E-state index in [1.54, 1.807) is 25.1 Å². The number of amides is 2.